The molecule has 2 N–H and O–H groups in total. The quantitative estimate of drug-likeness (QED) is 0.520. The Morgan fingerprint density at radius 2 is 2.03 bits per heavy atom. The number of anilines is 1. The van der Waals surface area contributed by atoms with Crippen molar-refractivity contribution in [3.05, 3.63) is 16.0 Å². The van der Waals surface area contributed by atoms with E-state index in [4.69, 9.17) is 4.74 Å². The van der Waals surface area contributed by atoms with Crippen LogP contribution in [0.4, 0.5) is 9.80 Å². The van der Waals surface area contributed by atoms with Crippen LogP contribution in [0.3, 0.4) is 0 Å². The van der Waals surface area contributed by atoms with Crippen molar-refractivity contribution in [1.82, 2.24) is 10.2 Å². The summed E-state index contributed by atoms with van der Waals surface area (Å²) in [4.78, 5) is 52.0. The lowest BCUT2D eigenvalue weighted by molar-refractivity contribution is -0.133. The molecule has 0 bridgehead atoms. The third-order valence-electron chi connectivity index (χ3n) is 5.12. The lowest BCUT2D eigenvalue weighted by Crippen LogP contribution is -2.45. The predicted octanol–water partition coefficient (Wildman–Crippen LogP) is 2.71. The van der Waals surface area contributed by atoms with Gasteiger partial charge in [0.25, 0.3) is 5.91 Å². The number of ether oxygens (including phenoxy) is 1. The molecule has 2 heterocycles. The summed E-state index contributed by atoms with van der Waals surface area (Å²) in [5, 5.41) is 5.84. The SMILES string of the molecule is CCOC(=O)c1c(NC(=O)CN2C(=O)N[C@@](C)(CC(C)C)C2=O)sc2c1CCC2. The van der Waals surface area contributed by atoms with Crippen LogP contribution < -0.4 is 10.6 Å². The zero-order chi connectivity index (χ0) is 21.3. The smallest absolute Gasteiger partial charge is 0.341 e. The first-order valence-corrected chi connectivity index (χ1v) is 10.7. The van der Waals surface area contributed by atoms with E-state index in [-0.39, 0.29) is 12.5 Å². The molecule has 158 valence electrons. The molecule has 1 aromatic rings. The number of carbonyl (C=O) groups excluding carboxylic acids is 4. The van der Waals surface area contributed by atoms with E-state index < -0.39 is 35.9 Å². The van der Waals surface area contributed by atoms with Gasteiger partial charge in [0.1, 0.15) is 17.1 Å². The molecule has 1 aliphatic heterocycles. The molecule has 3 rings (SSSR count). The van der Waals surface area contributed by atoms with Crippen molar-refractivity contribution in [2.45, 2.75) is 58.9 Å². The van der Waals surface area contributed by atoms with Gasteiger partial charge in [0, 0.05) is 4.88 Å². The minimum atomic E-state index is -1.01. The van der Waals surface area contributed by atoms with Gasteiger partial charge in [0.05, 0.1) is 12.2 Å². The lowest BCUT2D eigenvalue weighted by atomic mass is 9.91. The molecule has 0 spiro atoms. The predicted molar refractivity (Wildman–Crippen MR) is 109 cm³/mol. The number of urea groups is 1. The Morgan fingerprint density at radius 1 is 1.31 bits per heavy atom. The number of rotatable bonds is 7. The molecule has 1 aromatic heterocycles. The maximum atomic E-state index is 12.7. The first-order valence-electron chi connectivity index (χ1n) is 9.92. The molecule has 29 heavy (non-hydrogen) atoms. The van der Waals surface area contributed by atoms with Crippen LogP contribution in [0.15, 0.2) is 0 Å². The number of aryl methyl sites for hydroxylation is 1. The molecule has 0 unspecified atom stereocenters. The van der Waals surface area contributed by atoms with Crippen LogP contribution in [0.2, 0.25) is 0 Å². The summed E-state index contributed by atoms with van der Waals surface area (Å²) in [6.45, 7) is 7.18. The van der Waals surface area contributed by atoms with Crippen LogP contribution >= 0.6 is 11.3 Å². The number of esters is 1. The molecule has 2 aliphatic rings. The van der Waals surface area contributed by atoms with Crippen LogP contribution in [-0.4, -0.2) is 47.4 Å². The van der Waals surface area contributed by atoms with Crippen molar-refractivity contribution >= 4 is 40.2 Å². The van der Waals surface area contributed by atoms with Gasteiger partial charge < -0.3 is 15.4 Å². The average Bonchev–Trinajstić information content (AvgIpc) is 3.23. The molecule has 8 nitrogen and oxygen atoms in total. The fraction of sp³-hybridized carbons (Fsp3) is 0.600. The second kappa shape index (κ2) is 8.14. The minimum Gasteiger partial charge on any atom is -0.462 e. The first kappa shape index (κ1) is 21.3. The maximum absolute atomic E-state index is 12.7. The fourth-order valence-corrected chi connectivity index (χ4v) is 5.36. The summed E-state index contributed by atoms with van der Waals surface area (Å²) in [5.41, 5.74) is 0.328. The van der Waals surface area contributed by atoms with E-state index in [1.54, 1.807) is 13.8 Å². The van der Waals surface area contributed by atoms with Gasteiger partial charge in [-0.3, -0.25) is 14.5 Å². The zero-order valence-electron chi connectivity index (χ0n) is 17.2. The summed E-state index contributed by atoms with van der Waals surface area (Å²) < 4.78 is 5.15. The highest BCUT2D eigenvalue weighted by Crippen LogP contribution is 2.39. The average molecular weight is 422 g/mol. The monoisotopic (exact) mass is 421 g/mol. The van der Waals surface area contributed by atoms with Crippen molar-refractivity contribution in [3.8, 4) is 0 Å². The number of nitrogens with one attached hydrogen (secondary N) is 2. The number of amides is 4. The number of hydrogen-bond acceptors (Lipinski definition) is 6. The van der Waals surface area contributed by atoms with Gasteiger partial charge in [-0.25, -0.2) is 9.59 Å². The van der Waals surface area contributed by atoms with E-state index >= 15 is 0 Å². The molecule has 1 atom stereocenters. The van der Waals surface area contributed by atoms with Gasteiger partial charge in [-0.1, -0.05) is 13.8 Å². The van der Waals surface area contributed by atoms with Crippen molar-refractivity contribution in [2.75, 3.05) is 18.5 Å². The first-order chi connectivity index (χ1) is 13.7. The highest BCUT2D eigenvalue weighted by molar-refractivity contribution is 7.17. The summed E-state index contributed by atoms with van der Waals surface area (Å²) in [7, 11) is 0. The van der Waals surface area contributed by atoms with E-state index in [9.17, 15) is 19.2 Å². The minimum absolute atomic E-state index is 0.207. The topological polar surface area (TPSA) is 105 Å². The molecular formula is C20H27N3O5S. The largest absolute Gasteiger partial charge is 0.462 e. The van der Waals surface area contributed by atoms with Crippen LogP contribution in [0.5, 0.6) is 0 Å². The van der Waals surface area contributed by atoms with Crippen molar-refractivity contribution < 1.29 is 23.9 Å². The zero-order valence-corrected chi connectivity index (χ0v) is 18.0. The molecule has 1 saturated heterocycles. The number of carbonyl (C=O) groups is 4. The van der Waals surface area contributed by atoms with E-state index in [0.717, 1.165) is 34.6 Å². The Kier molecular flexibility index (Phi) is 5.97. The van der Waals surface area contributed by atoms with Crippen LogP contribution in [0.25, 0.3) is 0 Å². The number of hydrogen-bond donors (Lipinski definition) is 2. The third kappa shape index (κ3) is 4.14. The normalized spacial score (nSPS) is 20.8. The summed E-state index contributed by atoms with van der Waals surface area (Å²) in [6, 6.07) is -0.576. The van der Waals surface area contributed by atoms with Crippen LogP contribution in [0.1, 0.15) is 61.3 Å². The van der Waals surface area contributed by atoms with E-state index in [0.29, 0.717) is 17.0 Å². The number of thiophene rings is 1. The van der Waals surface area contributed by atoms with E-state index in [1.807, 2.05) is 13.8 Å². The molecule has 1 fully saturated rings. The van der Waals surface area contributed by atoms with Gasteiger partial charge in [0.2, 0.25) is 5.91 Å². The molecular weight excluding hydrogens is 394 g/mol. The molecule has 9 heteroatoms. The highest BCUT2D eigenvalue weighted by Gasteiger charge is 2.48. The Morgan fingerprint density at radius 3 is 2.69 bits per heavy atom. The van der Waals surface area contributed by atoms with Crippen molar-refractivity contribution in [1.29, 1.82) is 0 Å². The standard InChI is InChI=1S/C20H27N3O5S/c1-5-28-17(25)15-12-7-6-8-13(12)29-16(15)21-14(24)10-23-18(26)20(4,9-11(2)3)22-19(23)27/h11H,5-10H2,1-4H3,(H,21,24)(H,22,27)/t20-/m0/s1. The molecule has 0 saturated carbocycles. The second-order valence-electron chi connectivity index (χ2n) is 8.08. The summed E-state index contributed by atoms with van der Waals surface area (Å²) >= 11 is 1.36. The Hall–Kier alpha value is -2.42. The van der Waals surface area contributed by atoms with Crippen molar-refractivity contribution in [3.63, 3.8) is 0 Å². The third-order valence-corrected chi connectivity index (χ3v) is 6.32. The highest BCUT2D eigenvalue weighted by atomic mass is 32.1. The number of fused-ring (bicyclic) bond motifs is 1. The van der Waals surface area contributed by atoms with Crippen LogP contribution in [0, 0.1) is 5.92 Å². The lowest BCUT2D eigenvalue weighted by Gasteiger charge is -2.23. The number of nitrogens with zero attached hydrogens (tertiary/aromatic N) is 1. The van der Waals surface area contributed by atoms with Gasteiger partial charge in [0.15, 0.2) is 0 Å². The maximum Gasteiger partial charge on any atom is 0.341 e. The Balaban J connectivity index is 1.74. The summed E-state index contributed by atoms with van der Waals surface area (Å²) in [6.07, 6.45) is 3.10. The van der Waals surface area contributed by atoms with Crippen LogP contribution in [-0.2, 0) is 27.2 Å². The van der Waals surface area contributed by atoms with Gasteiger partial charge in [-0.05, 0) is 51.0 Å². The summed E-state index contributed by atoms with van der Waals surface area (Å²) in [5.74, 6) is -1.18. The molecule has 4 amide bonds. The van der Waals surface area contributed by atoms with Gasteiger partial charge >= 0.3 is 12.0 Å². The Labute approximate surface area is 174 Å². The second-order valence-corrected chi connectivity index (χ2v) is 9.19. The number of imide groups is 1. The van der Waals surface area contributed by atoms with E-state index in [2.05, 4.69) is 10.6 Å². The molecule has 0 aromatic carbocycles. The Bertz CT molecular complexity index is 863. The van der Waals surface area contributed by atoms with Gasteiger partial charge in [-0.15, -0.1) is 11.3 Å². The molecule has 0 radical (unpaired) electrons. The van der Waals surface area contributed by atoms with E-state index in [1.165, 1.54) is 11.3 Å². The van der Waals surface area contributed by atoms with Crippen molar-refractivity contribution in [2.24, 2.45) is 5.92 Å². The van der Waals surface area contributed by atoms with Gasteiger partial charge in [-0.2, -0.15) is 0 Å². The fourth-order valence-electron chi connectivity index (χ4n) is 4.07. The molecule has 1 aliphatic carbocycles.